The van der Waals surface area contributed by atoms with Crippen molar-refractivity contribution in [1.82, 2.24) is 10.2 Å². The van der Waals surface area contributed by atoms with Gasteiger partial charge in [-0.3, -0.25) is 4.90 Å². The number of nitrogens with one attached hydrogen (secondary N) is 1. The zero-order valence-corrected chi connectivity index (χ0v) is 13.0. The van der Waals surface area contributed by atoms with Crippen molar-refractivity contribution in [3.63, 3.8) is 0 Å². The SMILES string of the molecule is CC(C)N(CC1CCCN1)C(C)c1ccc(Br)o1. The second-order valence-corrected chi connectivity index (χ2v) is 6.18. The quantitative estimate of drug-likeness (QED) is 0.900. The van der Waals surface area contributed by atoms with Gasteiger partial charge in [-0.05, 0) is 68.2 Å². The summed E-state index contributed by atoms with van der Waals surface area (Å²) in [7, 11) is 0. The summed E-state index contributed by atoms with van der Waals surface area (Å²) >= 11 is 3.38. The first kappa shape index (κ1) is 14.1. The lowest BCUT2D eigenvalue weighted by Crippen LogP contribution is -2.42. The van der Waals surface area contributed by atoms with Crippen molar-refractivity contribution in [2.75, 3.05) is 13.1 Å². The summed E-state index contributed by atoms with van der Waals surface area (Å²) in [6.07, 6.45) is 2.59. The van der Waals surface area contributed by atoms with Crippen LogP contribution in [0.3, 0.4) is 0 Å². The molecule has 2 rings (SSSR count). The van der Waals surface area contributed by atoms with Crippen LogP contribution in [0, 0.1) is 0 Å². The molecule has 2 unspecified atom stereocenters. The second kappa shape index (κ2) is 6.22. The van der Waals surface area contributed by atoms with Crippen molar-refractivity contribution in [3.8, 4) is 0 Å². The van der Waals surface area contributed by atoms with Crippen LogP contribution in [0.1, 0.15) is 45.4 Å². The fourth-order valence-corrected chi connectivity index (χ4v) is 3.02. The molecule has 1 aliphatic heterocycles. The van der Waals surface area contributed by atoms with Gasteiger partial charge < -0.3 is 9.73 Å². The van der Waals surface area contributed by atoms with Crippen molar-refractivity contribution < 1.29 is 4.42 Å². The Kier molecular flexibility index (Phi) is 4.87. The van der Waals surface area contributed by atoms with Gasteiger partial charge in [-0.1, -0.05) is 0 Å². The van der Waals surface area contributed by atoms with E-state index in [4.69, 9.17) is 4.42 Å². The molecule has 0 aliphatic carbocycles. The van der Waals surface area contributed by atoms with Gasteiger partial charge in [-0.25, -0.2) is 0 Å². The molecule has 1 N–H and O–H groups in total. The molecule has 1 aliphatic rings. The Morgan fingerprint density at radius 1 is 1.44 bits per heavy atom. The Hall–Kier alpha value is -0.320. The summed E-state index contributed by atoms with van der Waals surface area (Å²) in [4.78, 5) is 2.51. The monoisotopic (exact) mass is 314 g/mol. The molecular weight excluding hydrogens is 292 g/mol. The van der Waals surface area contributed by atoms with Gasteiger partial charge >= 0.3 is 0 Å². The van der Waals surface area contributed by atoms with E-state index in [0.717, 1.165) is 23.5 Å². The summed E-state index contributed by atoms with van der Waals surface area (Å²) < 4.78 is 6.51. The van der Waals surface area contributed by atoms with Crippen molar-refractivity contribution in [2.45, 2.75) is 51.7 Å². The first-order valence-electron chi connectivity index (χ1n) is 6.82. The largest absolute Gasteiger partial charge is 0.453 e. The average molecular weight is 315 g/mol. The molecule has 1 aromatic heterocycles. The highest BCUT2D eigenvalue weighted by Gasteiger charge is 2.25. The first-order valence-corrected chi connectivity index (χ1v) is 7.61. The molecule has 0 radical (unpaired) electrons. The lowest BCUT2D eigenvalue weighted by Gasteiger charge is -2.33. The fraction of sp³-hybridized carbons (Fsp3) is 0.714. The van der Waals surface area contributed by atoms with Crippen LogP contribution in [0.15, 0.2) is 21.2 Å². The highest BCUT2D eigenvalue weighted by atomic mass is 79.9. The predicted molar refractivity (Wildman–Crippen MR) is 77.7 cm³/mol. The summed E-state index contributed by atoms with van der Waals surface area (Å²) in [5, 5.41) is 3.57. The molecule has 4 heteroatoms. The molecule has 3 nitrogen and oxygen atoms in total. The maximum absolute atomic E-state index is 5.70. The number of hydrogen-bond donors (Lipinski definition) is 1. The van der Waals surface area contributed by atoms with Crippen molar-refractivity contribution in [1.29, 1.82) is 0 Å². The van der Waals surface area contributed by atoms with E-state index in [2.05, 4.69) is 53.0 Å². The van der Waals surface area contributed by atoms with Gasteiger partial charge in [0.15, 0.2) is 4.67 Å². The van der Waals surface area contributed by atoms with E-state index in [1.165, 1.54) is 12.8 Å². The Morgan fingerprint density at radius 3 is 2.72 bits per heavy atom. The Labute approximate surface area is 118 Å². The molecule has 2 atom stereocenters. The Balaban J connectivity index is 2.04. The van der Waals surface area contributed by atoms with Crippen LogP contribution in [0.5, 0.6) is 0 Å². The van der Waals surface area contributed by atoms with Gasteiger partial charge in [0.05, 0.1) is 6.04 Å². The molecule has 1 aromatic rings. The Morgan fingerprint density at radius 2 is 2.22 bits per heavy atom. The third-order valence-electron chi connectivity index (χ3n) is 3.76. The number of hydrogen-bond acceptors (Lipinski definition) is 3. The van der Waals surface area contributed by atoms with Gasteiger partial charge in [0.25, 0.3) is 0 Å². The lowest BCUT2D eigenvalue weighted by atomic mass is 10.1. The Bertz CT molecular complexity index is 372. The van der Waals surface area contributed by atoms with Crippen LogP contribution in [-0.4, -0.2) is 30.1 Å². The molecule has 0 amide bonds. The molecule has 1 fully saturated rings. The van der Waals surface area contributed by atoms with Crippen LogP contribution in [0.25, 0.3) is 0 Å². The van der Waals surface area contributed by atoms with E-state index >= 15 is 0 Å². The van der Waals surface area contributed by atoms with E-state index in [0.29, 0.717) is 18.1 Å². The van der Waals surface area contributed by atoms with Crippen LogP contribution in [-0.2, 0) is 0 Å². The minimum Gasteiger partial charge on any atom is -0.453 e. The van der Waals surface area contributed by atoms with Crippen LogP contribution in [0.2, 0.25) is 0 Å². The van der Waals surface area contributed by atoms with Gasteiger partial charge in [0.1, 0.15) is 5.76 Å². The number of nitrogens with zero attached hydrogens (tertiary/aromatic N) is 1. The molecule has 1 saturated heterocycles. The van der Waals surface area contributed by atoms with Gasteiger partial charge in [-0.2, -0.15) is 0 Å². The summed E-state index contributed by atoms with van der Waals surface area (Å²) in [5.41, 5.74) is 0. The van der Waals surface area contributed by atoms with E-state index in [1.54, 1.807) is 0 Å². The van der Waals surface area contributed by atoms with E-state index in [-0.39, 0.29) is 0 Å². The van der Waals surface area contributed by atoms with Gasteiger partial charge in [0.2, 0.25) is 0 Å². The van der Waals surface area contributed by atoms with E-state index in [1.807, 2.05) is 6.07 Å². The molecule has 0 bridgehead atoms. The highest BCUT2D eigenvalue weighted by Crippen LogP contribution is 2.27. The predicted octanol–water partition coefficient (Wildman–Crippen LogP) is 3.57. The molecule has 18 heavy (non-hydrogen) atoms. The summed E-state index contributed by atoms with van der Waals surface area (Å²) in [6, 6.07) is 5.50. The molecule has 0 saturated carbocycles. The van der Waals surface area contributed by atoms with E-state index in [9.17, 15) is 0 Å². The number of rotatable bonds is 5. The normalized spacial score (nSPS) is 22.0. The van der Waals surface area contributed by atoms with E-state index < -0.39 is 0 Å². The third-order valence-corrected chi connectivity index (χ3v) is 4.19. The average Bonchev–Trinajstić information content (AvgIpc) is 2.95. The maximum Gasteiger partial charge on any atom is 0.169 e. The zero-order valence-electron chi connectivity index (χ0n) is 11.4. The minimum atomic E-state index is 0.318. The van der Waals surface area contributed by atoms with Crippen LogP contribution < -0.4 is 5.32 Å². The van der Waals surface area contributed by atoms with Crippen LogP contribution >= 0.6 is 15.9 Å². The molecular formula is C14H23BrN2O. The molecule has 102 valence electrons. The fourth-order valence-electron chi connectivity index (χ4n) is 2.70. The number of halogens is 1. The summed E-state index contributed by atoms with van der Waals surface area (Å²) in [6.45, 7) is 8.99. The molecule has 0 aromatic carbocycles. The first-order chi connectivity index (χ1) is 8.58. The summed E-state index contributed by atoms with van der Waals surface area (Å²) in [5.74, 6) is 1.04. The molecule has 2 heterocycles. The van der Waals surface area contributed by atoms with Gasteiger partial charge in [-0.15, -0.1) is 0 Å². The molecule has 0 spiro atoms. The maximum atomic E-state index is 5.70. The lowest BCUT2D eigenvalue weighted by molar-refractivity contribution is 0.133. The topological polar surface area (TPSA) is 28.4 Å². The van der Waals surface area contributed by atoms with Gasteiger partial charge in [0, 0.05) is 18.6 Å². The minimum absolute atomic E-state index is 0.318. The third kappa shape index (κ3) is 3.37. The second-order valence-electron chi connectivity index (χ2n) is 5.40. The van der Waals surface area contributed by atoms with Crippen molar-refractivity contribution in [3.05, 3.63) is 22.6 Å². The zero-order chi connectivity index (χ0) is 13.1. The standard InChI is InChI=1S/C14H23BrN2O/c1-10(2)17(9-12-5-4-8-16-12)11(3)13-6-7-14(15)18-13/h6-7,10-12,16H,4-5,8-9H2,1-3H3. The number of furan rings is 1. The van der Waals surface area contributed by atoms with Crippen molar-refractivity contribution in [2.24, 2.45) is 0 Å². The highest BCUT2D eigenvalue weighted by molar-refractivity contribution is 9.10. The smallest absolute Gasteiger partial charge is 0.169 e. The van der Waals surface area contributed by atoms with Crippen LogP contribution in [0.4, 0.5) is 0 Å². The van der Waals surface area contributed by atoms with Crippen molar-refractivity contribution >= 4 is 15.9 Å².